The van der Waals surface area contributed by atoms with Crippen molar-refractivity contribution in [2.45, 2.75) is 57.7 Å². The van der Waals surface area contributed by atoms with Gasteiger partial charge in [0.2, 0.25) is 0 Å². The van der Waals surface area contributed by atoms with E-state index in [9.17, 15) is 0 Å². The fourth-order valence-corrected chi connectivity index (χ4v) is 3.28. The molecule has 21 heavy (non-hydrogen) atoms. The van der Waals surface area contributed by atoms with E-state index in [0.29, 0.717) is 6.04 Å². The molecule has 1 aromatic rings. The summed E-state index contributed by atoms with van der Waals surface area (Å²) in [6.45, 7) is 6.23. The highest BCUT2D eigenvalue weighted by atomic mass is 16.5. The maximum atomic E-state index is 5.62. The number of piperidine rings is 1. The Morgan fingerprint density at radius 2 is 2.14 bits per heavy atom. The Bertz CT molecular complexity index is 439. The first-order valence-electron chi connectivity index (χ1n) is 8.54. The Morgan fingerprint density at radius 3 is 2.86 bits per heavy atom. The highest BCUT2D eigenvalue weighted by Gasteiger charge is 2.30. The summed E-state index contributed by atoms with van der Waals surface area (Å²) in [6, 6.07) is 10.1. The highest BCUT2D eigenvalue weighted by Crippen LogP contribution is 2.29. The lowest BCUT2D eigenvalue weighted by molar-refractivity contribution is 0.208. The standard InChI is InChI=1S/C18H28N2O/c1-2-21-18-8-5-6-15(12-18)13-20(17-9-10-17)14-16-7-3-4-11-19-16/h5-6,8,12,16-17,19H,2-4,7,9-11,13-14H2,1H3. The van der Waals surface area contributed by atoms with E-state index in [1.54, 1.807) is 0 Å². The number of hydrogen-bond acceptors (Lipinski definition) is 3. The molecular weight excluding hydrogens is 260 g/mol. The van der Waals surface area contributed by atoms with Crippen molar-refractivity contribution in [3.05, 3.63) is 29.8 Å². The van der Waals surface area contributed by atoms with Crippen molar-refractivity contribution in [1.82, 2.24) is 10.2 Å². The lowest BCUT2D eigenvalue weighted by atomic mass is 10.0. The molecule has 1 unspecified atom stereocenters. The predicted molar refractivity (Wildman–Crippen MR) is 86.7 cm³/mol. The van der Waals surface area contributed by atoms with Gasteiger partial charge in [-0.2, -0.15) is 0 Å². The molecule has 1 atom stereocenters. The molecule has 116 valence electrons. The van der Waals surface area contributed by atoms with E-state index in [4.69, 9.17) is 4.74 Å². The average Bonchev–Trinajstić information content (AvgIpc) is 3.33. The monoisotopic (exact) mass is 288 g/mol. The third-order valence-electron chi connectivity index (χ3n) is 4.53. The molecule has 1 aliphatic carbocycles. The lowest BCUT2D eigenvalue weighted by Crippen LogP contribution is -2.44. The zero-order chi connectivity index (χ0) is 14.5. The maximum absolute atomic E-state index is 5.62. The van der Waals surface area contributed by atoms with Crippen molar-refractivity contribution < 1.29 is 4.74 Å². The molecule has 2 aliphatic rings. The van der Waals surface area contributed by atoms with Crippen LogP contribution in [0.2, 0.25) is 0 Å². The van der Waals surface area contributed by atoms with Crippen LogP contribution >= 0.6 is 0 Å². The third-order valence-corrected chi connectivity index (χ3v) is 4.53. The fraction of sp³-hybridized carbons (Fsp3) is 0.667. The van der Waals surface area contributed by atoms with Crippen LogP contribution in [0.4, 0.5) is 0 Å². The van der Waals surface area contributed by atoms with Crippen molar-refractivity contribution in [3.63, 3.8) is 0 Å². The average molecular weight is 288 g/mol. The van der Waals surface area contributed by atoms with E-state index < -0.39 is 0 Å². The summed E-state index contributed by atoms with van der Waals surface area (Å²) in [5.41, 5.74) is 1.38. The number of benzene rings is 1. The Morgan fingerprint density at radius 1 is 1.24 bits per heavy atom. The van der Waals surface area contributed by atoms with Gasteiger partial charge in [-0.15, -0.1) is 0 Å². The summed E-state index contributed by atoms with van der Waals surface area (Å²) in [7, 11) is 0. The van der Waals surface area contributed by atoms with Gasteiger partial charge in [-0.05, 0) is 56.8 Å². The number of nitrogens with zero attached hydrogens (tertiary/aromatic N) is 1. The van der Waals surface area contributed by atoms with Gasteiger partial charge in [-0.3, -0.25) is 4.90 Å². The van der Waals surface area contributed by atoms with Gasteiger partial charge in [0.1, 0.15) is 5.75 Å². The van der Waals surface area contributed by atoms with Crippen LogP contribution in [0.1, 0.15) is 44.6 Å². The Labute approximate surface area is 128 Å². The fourth-order valence-electron chi connectivity index (χ4n) is 3.28. The molecule has 1 saturated heterocycles. The molecule has 0 amide bonds. The van der Waals surface area contributed by atoms with Crippen molar-refractivity contribution in [1.29, 1.82) is 0 Å². The number of rotatable bonds is 7. The minimum Gasteiger partial charge on any atom is -0.494 e. The molecule has 2 fully saturated rings. The molecule has 1 saturated carbocycles. The molecule has 0 aromatic heterocycles. The van der Waals surface area contributed by atoms with Crippen molar-refractivity contribution in [2.24, 2.45) is 0 Å². The molecule has 1 heterocycles. The Kier molecular flexibility index (Phi) is 5.15. The van der Waals surface area contributed by atoms with Crippen LogP contribution in [0.25, 0.3) is 0 Å². The van der Waals surface area contributed by atoms with Gasteiger partial charge in [0.15, 0.2) is 0 Å². The van der Waals surface area contributed by atoms with E-state index in [1.807, 2.05) is 6.92 Å². The van der Waals surface area contributed by atoms with Crippen LogP contribution in [0.5, 0.6) is 5.75 Å². The minimum absolute atomic E-state index is 0.689. The SMILES string of the molecule is CCOc1cccc(CN(CC2CCCCN2)C2CC2)c1. The van der Waals surface area contributed by atoms with Crippen molar-refractivity contribution >= 4 is 0 Å². The second kappa shape index (κ2) is 7.28. The van der Waals surface area contributed by atoms with E-state index >= 15 is 0 Å². The van der Waals surface area contributed by atoms with Gasteiger partial charge in [0.25, 0.3) is 0 Å². The van der Waals surface area contributed by atoms with Crippen LogP contribution in [-0.4, -0.2) is 36.7 Å². The number of hydrogen-bond donors (Lipinski definition) is 1. The predicted octanol–water partition coefficient (Wildman–Crippen LogP) is 3.19. The third kappa shape index (κ3) is 4.45. The lowest BCUT2D eigenvalue weighted by Gasteiger charge is -2.30. The summed E-state index contributed by atoms with van der Waals surface area (Å²) in [5, 5.41) is 3.68. The van der Waals surface area contributed by atoms with E-state index in [-0.39, 0.29) is 0 Å². The summed E-state index contributed by atoms with van der Waals surface area (Å²) in [4.78, 5) is 2.67. The topological polar surface area (TPSA) is 24.5 Å². The second-order valence-electron chi connectivity index (χ2n) is 6.39. The smallest absolute Gasteiger partial charge is 0.119 e. The number of nitrogens with one attached hydrogen (secondary N) is 1. The van der Waals surface area contributed by atoms with Gasteiger partial charge in [-0.25, -0.2) is 0 Å². The van der Waals surface area contributed by atoms with E-state index in [2.05, 4.69) is 34.5 Å². The summed E-state index contributed by atoms with van der Waals surface area (Å²) in [6.07, 6.45) is 6.81. The molecule has 0 bridgehead atoms. The molecule has 0 radical (unpaired) electrons. The summed E-state index contributed by atoms with van der Waals surface area (Å²) >= 11 is 0. The first kappa shape index (κ1) is 14.9. The molecule has 1 N–H and O–H groups in total. The van der Waals surface area contributed by atoms with Crippen molar-refractivity contribution in [3.8, 4) is 5.75 Å². The molecule has 0 spiro atoms. The molecule has 1 aliphatic heterocycles. The quantitative estimate of drug-likeness (QED) is 0.834. The summed E-state index contributed by atoms with van der Waals surface area (Å²) < 4.78 is 5.62. The first-order valence-corrected chi connectivity index (χ1v) is 8.54. The number of ether oxygens (including phenoxy) is 1. The molecular formula is C18H28N2O. The normalized spacial score (nSPS) is 22.5. The molecule has 1 aromatic carbocycles. The maximum Gasteiger partial charge on any atom is 0.119 e. The summed E-state index contributed by atoms with van der Waals surface area (Å²) in [5.74, 6) is 1.00. The Hall–Kier alpha value is -1.06. The molecule has 3 nitrogen and oxygen atoms in total. The second-order valence-corrected chi connectivity index (χ2v) is 6.39. The van der Waals surface area contributed by atoms with Crippen LogP contribution < -0.4 is 10.1 Å². The zero-order valence-corrected chi connectivity index (χ0v) is 13.2. The van der Waals surface area contributed by atoms with Crippen LogP contribution in [0.15, 0.2) is 24.3 Å². The zero-order valence-electron chi connectivity index (χ0n) is 13.2. The minimum atomic E-state index is 0.689. The molecule has 3 rings (SSSR count). The molecule has 3 heteroatoms. The van der Waals surface area contributed by atoms with Gasteiger partial charge in [-0.1, -0.05) is 18.6 Å². The van der Waals surface area contributed by atoms with Gasteiger partial charge in [0, 0.05) is 25.2 Å². The van der Waals surface area contributed by atoms with Gasteiger partial charge in [0.05, 0.1) is 6.61 Å². The van der Waals surface area contributed by atoms with Gasteiger partial charge >= 0.3 is 0 Å². The van der Waals surface area contributed by atoms with Gasteiger partial charge < -0.3 is 10.1 Å². The largest absolute Gasteiger partial charge is 0.494 e. The van der Waals surface area contributed by atoms with Crippen LogP contribution in [0, 0.1) is 0 Å². The van der Waals surface area contributed by atoms with Crippen molar-refractivity contribution in [2.75, 3.05) is 19.7 Å². The Balaban J connectivity index is 1.60. The van der Waals surface area contributed by atoms with E-state index in [0.717, 1.165) is 24.9 Å². The van der Waals surface area contributed by atoms with E-state index in [1.165, 1.54) is 50.8 Å². The first-order chi connectivity index (χ1) is 10.3. The van der Waals surface area contributed by atoms with Crippen LogP contribution in [-0.2, 0) is 6.54 Å². The highest BCUT2D eigenvalue weighted by molar-refractivity contribution is 5.28. The van der Waals surface area contributed by atoms with Crippen LogP contribution in [0.3, 0.4) is 0 Å².